The van der Waals surface area contributed by atoms with Crippen LogP contribution in [0.3, 0.4) is 0 Å². The molecule has 0 aliphatic rings. The third-order valence-electron chi connectivity index (χ3n) is 3.04. The molecule has 0 spiro atoms. The minimum Gasteiger partial charge on any atom is -0.356 e. The Bertz CT molecular complexity index is 541. The van der Waals surface area contributed by atoms with E-state index in [1.54, 1.807) is 24.1 Å². The second kappa shape index (κ2) is 8.47. The fourth-order valence-corrected chi connectivity index (χ4v) is 1.99. The maximum atomic E-state index is 12.1. The molecular formula is C16H21ClN2O2. The fourth-order valence-electron chi connectivity index (χ4n) is 1.80. The Hall–Kier alpha value is -1.81. The number of nitrogens with one attached hydrogen (secondary N) is 1. The van der Waals surface area contributed by atoms with Gasteiger partial charge in [-0.25, -0.2) is 0 Å². The van der Waals surface area contributed by atoms with Crippen LogP contribution < -0.4 is 5.32 Å². The number of rotatable bonds is 6. The molecule has 0 radical (unpaired) electrons. The lowest BCUT2D eigenvalue weighted by Crippen LogP contribution is -2.29. The van der Waals surface area contributed by atoms with Gasteiger partial charge in [-0.15, -0.1) is 0 Å². The smallest absolute Gasteiger partial charge is 0.246 e. The number of amides is 2. The van der Waals surface area contributed by atoms with Crippen molar-refractivity contribution < 1.29 is 9.59 Å². The third-order valence-corrected chi connectivity index (χ3v) is 3.28. The van der Waals surface area contributed by atoms with E-state index in [4.69, 9.17) is 11.6 Å². The van der Waals surface area contributed by atoms with E-state index in [0.29, 0.717) is 18.1 Å². The molecule has 0 fully saturated rings. The minimum absolute atomic E-state index is 0.0549. The topological polar surface area (TPSA) is 49.4 Å². The van der Waals surface area contributed by atoms with Gasteiger partial charge in [0, 0.05) is 38.2 Å². The molecule has 1 aromatic rings. The molecule has 5 heteroatoms. The molecule has 114 valence electrons. The third kappa shape index (κ3) is 6.45. The summed E-state index contributed by atoms with van der Waals surface area (Å²) in [6, 6.07) is 7.41. The molecule has 0 saturated carbocycles. The molecule has 1 rings (SSSR count). The maximum Gasteiger partial charge on any atom is 0.246 e. The summed E-state index contributed by atoms with van der Waals surface area (Å²) >= 11 is 5.94. The SMILES string of the molecule is CC(=O)NCCCN(C)C(=O)C=C(C)c1cccc(Cl)c1. The van der Waals surface area contributed by atoms with Crippen LogP contribution in [0.1, 0.15) is 25.8 Å². The number of nitrogens with zero attached hydrogens (tertiary/aromatic N) is 1. The van der Waals surface area contributed by atoms with Gasteiger partial charge < -0.3 is 10.2 Å². The Labute approximate surface area is 130 Å². The van der Waals surface area contributed by atoms with Crippen LogP contribution in [0.15, 0.2) is 30.3 Å². The molecule has 0 aliphatic carbocycles. The lowest BCUT2D eigenvalue weighted by atomic mass is 10.1. The first kappa shape index (κ1) is 17.2. The van der Waals surface area contributed by atoms with E-state index in [9.17, 15) is 9.59 Å². The van der Waals surface area contributed by atoms with Crippen molar-refractivity contribution in [2.24, 2.45) is 0 Å². The van der Waals surface area contributed by atoms with Crippen molar-refractivity contribution in [2.75, 3.05) is 20.1 Å². The maximum absolute atomic E-state index is 12.1. The van der Waals surface area contributed by atoms with Crippen molar-refractivity contribution in [1.82, 2.24) is 10.2 Å². The van der Waals surface area contributed by atoms with Gasteiger partial charge in [0.1, 0.15) is 0 Å². The highest BCUT2D eigenvalue weighted by Crippen LogP contribution is 2.18. The van der Waals surface area contributed by atoms with Crippen LogP contribution in [0.5, 0.6) is 0 Å². The summed E-state index contributed by atoms with van der Waals surface area (Å²) in [7, 11) is 1.75. The highest BCUT2D eigenvalue weighted by atomic mass is 35.5. The Morgan fingerprint density at radius 1 is 1.33 bits per heavy atom. The Kier molecular flexibility index (Phi) is 6.96. The Morgan fingerprint density at radius 2 is 2.05 bits per heavy atom. The molecule has 0 aromatic heterocycles. The van der Waals surface area contributed by atoms with Gasteiger partial charge in [-0.3, -0.25) is 9.59 Å². The van der Waals surface area contributed by atoms with Crippen LogP contribution >= 0.6 is 11.6 Å². The Morgan fingerprint density at radius 3 is 2.67 bits per heavy atom. The van der Waals surface area contributed by atoms with Crippen LogP contribution in [-0.2, 0) is 9.59 Å². The summed E-state index contributed by atoms with van der Waals surface area (Å²) in [6.45, 7) is 4.53. The first-order valence-corrected chi connectivity index (χ1v) is 7.21. The van der Waals surface area contributed by atoms with Gasteiger partial charge >= 0.3 is 0 Å². The highest BCUT2D eigenvalue weighted by molar-refractivity contribution is 6.30. The van der Waals surface area contributed by atoms with Crippen molar-refractivity contribution in [1.29, 1.82) is 0 Å². The second-order valence-corrected chi connectivity index (χ2v) is 5.37. The summed E-state index contributed by atoms with van der Waals surface area (Å²) in [5.74, 6) is -0.115. The van der Waals surface area contributed by atoms with Crippen LogP contribution in [0, 0.1) is 0 Å². The van der Waals surface area contributed by atoms with E-state index in [2.05, 4.69) is 5.32 Å². The summed E-state index contributed by atoms with van der Waals surface area (Å²) in [6.07, 6.45) is 2.33. The highest BCUT2D eigenvalue weighted by Gasteiger charge is 2.07. The summed E-state index contributed by atoms with van der Waals surface area (Å²) in [5, 5.41) is 3.36. The van der Waals surface area contributed by atoms with Crippen LogP contribution in [0.2, 0.25) is 5.02 Å². The lowest BCUT2D eigenvalue weighted by Gasteiger charge is -2.15. The van der Waals surface area contributed by atoms with E-state index in [0.717, 1.165) is 17.6 Å². The predicted molar refractivity (Wildman–Crippen MR) is 86.0 cm³/mol. The van der Waals surface area contributed by atoms with Crippen molar-refractivity contribution in [3.63, 3.8) is 0 Å². The number of likely N-dealkylation sites (N-methyl/N-ethyl adjacent to an activating group) is 1. The molecule has 1 N–H and O–H groups in total. The number of hydrogen-bond donors (Lipinski definition) is 1. The van der Waals surface area contributed by atoms with E-state index in [1.165, 1.54) is 6.92 Å². The van der Waals surface area contributed by atoms with Crippen LogP contribution in [0.25, 0.3) is 5.57 Å². The van der Waals surface area contributed by atoms with Crippen molar-refractivity contribution in [2.45, 2.75) is 20.3 Å². The number of benzene rings is 1. The molecule has 0 atom stereocenters. The lowest BCUT2D eigenvalue weighted by molar-refractivity contribution is -0.124. The average Bonchev–Trinajstić information content (AvgIpc) is 2.43. The minimum atomic E-state index is -0.0599. The van der Waals surface area contributed by atoms with Crippen LogP contribution in [-0.4, -0.2) is 36.9 Å². The molecule has 0 saturated heterocycles. The molecule has 1 aromatic carbocycles. The van der Waals surface area contributed by atoms with Gasteiger partial charge in [0.25, 0.3) is 0 Å². The fraction of sp³-hybridized carbons (Fsp3) is 0.375. The van der Waals surface area contributed by atoms with Crippen molar-refractivity contribution in [3.8, 4) is 0 Å². The van der Waals surface area contributed by atoms with E-state index in [1.807, 2.05) is 25.1 Å². The van der Waals surface area contributed by atoms with E-state index >= 15 is 0 Å². The predicted octanol–water partition coefficient (Wildman–Crippen LogP) is 2.73. The monoisotopic (exact) mass is 308 g/mol. The Balaban J connectivity index is 2.54. The quantitative estimate of drug-likeness (QED) is 0.649. The number of allylic oxidation sites excluding steroid dienone is 1. The van der Waals surface area contributed by atoms with Crippen LogP contribution in [0.4, 0.5) is 0 Å². The van der Waals surface area contributed by atoms with Crippen molar-refractivity contribution in [3.05, 3.63) is 40.9 Å². The normalized spacial score (nSPS) is 11.1. The number of hydrogen-bond acceptors (Lipinski definition) is 2. The number of halogens is 1. The van der Waals surface area contributed by atoms with Gasteiger partial charge in [-0.05, 0) is 36.6 Å². The zero-order valence-corrected chi connectivity index (χ0v) is 13.4. The summed E-state index contributed by atoms with van der Waals surface area (Å²) in [4.78, 5) is 24.4. The van der Waals surface area contributed by atoms with Crippen molar-refractivity contribution >= 4 is 29.0 Å². The molecule has 0 unspecified atom stereocenters. The molecule has 4 nitrogen and oxygen atoms in total. The van der Waals surface area contributed by atoms with E-state index < -0.39 is 0 Å². The van der Waals surface area contributed by atoms with Gasteiger partial charge in [0.15, 0.2) is 0 Å². The molecule has 0 bridgehead atoms. The molecular weight excluding hydrogens is 288 g/mol. The molecule has 2 amide bonds. The first-order chi connectivity index (χ1) is 9.90. The molecule has 0 heterocycles. The molecule has 0 aliphatic heterocycles. The average molecular weight is 309 g/mol. The van der Waals surface area contributed by atoms with E-state index in [-0.39, 0.29) is 11.8 Å². The standard InChI is InChI=1S/C16H21ClN2O2/c1-12(14-6-4-7-15(17)11-14)10-16(21)19(3)9-5-8-18-13(2)20/h4,6-7,10-11H,5,8-9H2,1-3H3,(H,18,20). The zero-order chi connectivity index (χ0) is 15.8. The molecule has 21 heavy (non-hydrogen) atoms. The zero-order valence-electron chi connectivity index (χ0n) is 12.6. The number of carbonyl (C=O) groups is 2. The van der Waals surface area contributed by atoms with Gasteiger partial charge in [0.2, 0.25) is 11.8 Å². The van der Waals surface area contributed by atoms with Gasteiger partial charge in [-0.1, -0.05) is 23.7 Å². The first-order valence-electron chi connectivity index (χ1n) is 6.84. The summed E-state index contributed by atoms with van der Waals surface area (Å²) in [5.41, 5.74) is 1.80. The number of carbonyl (C=O) groups excluding carboxylic acids is 2. The summed E-state index contributed by atoms with van der Waals surface area (Å²) < 4.78 is 0. The largest absolute Gasteiger partial charge is 0.356 e. The van der Waals surface area contributed by atoms with Gasteiger partial charge in [0.05, 0.1) is 0 Å². The van der Waals surface area contributed by atoms with Gasteiger partial charge in [-0.2, -0.15) is 0 Å². The second-order valence-electron chi connectivity index (χ2n) is 4.93.